The summed E-state index contributed by atoms with van der Waals surface area (Å²) in [6.07, 6.45) is 6.14. The summed E-state index contributed by atoms with van der Waals surface area (Å²) in [6.45, 7) is 0.775. The summed E-state index contributed by atoms with van der Waals surface area (Å²) in [7, 11) is 0. The van der Waals surface area contributed by atoms with Crippen LogP contribution in [0.2, 0.25) is 0 Å². The Morgan fingerprint density at radius 1 is 1.21 bits per heavy atom. The topological polar surface area (TPSA) is 24.4 Å². The minimum absolute atomic E-state index is 0.175. The highest BCUT2D eigenvalue weighted by Crippen LogP contribution is 2.37. The molecule has 0 radical (unpaired) electrons. The molecule has 1 aromatic carbocycles. The van der Waals surface area contributed by atoms with Crippen LogP contribution >= 0.6 is 11.8 Å². The van der Waals surface area contributed by atoms with Gasteiger partial charge in [-0.1, -0.05) is 36.7 Å². The van der Waals surface area contributed by atoms with E-state index in [1.54, 1.807) is 0 Å². The van der Waals surface area contributed by atoms with Crippen molar-refractivity contribution in [3.63, 3.8) is 0 Å². The number of halogens is 1. The highest BCUT2D eigenvalue weighted by atomic mass is 32.2. The predicted molar refractivity (Wildman–Crippen MR) is 79.2 cm³/mol. The fourth-order valence-electron chi connectivity index (χ4n) is 2.85. The van der Waals surface area contributed by atoms with Crippen molar-refractivity contribution in [3.8, 4) is 0 Å². The van der Waals surface area contributed by atoms with Crippen molar-refractivity contribution < 1.29 is 4.39 Å². The van der Waals surface area contributed by atoms with E-state index in [0.29, 0.717) is 5.54 Å². The van der Waals surface area contributed by atoms with Crippen molar-refractivity contribution in [2.75, 3.05) is 12.3 Å². The maximum atomic E-state index is 12.8. The van der Waals surface area contributed by atoms with Gasteiger partial charge in [0.15, 0.2) is 5.17 Å². The molecule has 1 aliphatic carbocycles. The highest BCUT2D eigenvalue weighted by molar-refractivity contribution is 8.14. The van der Waals surface area contributed by atoms with E-state index >= 15 is 0 Å². The lowest BCUT2D eigenvalue weighted by molar-refractivity contribution is 0.452. The van der Waals surface area contributed by atoms with E-state index in [-0.39, 0.29) is 5.82 Å². The summed E-state index contributed by atoms with van der Waals surface area (Å²) in [5.41, 5.74) is 1.49. The van der Waals surface area contributed by atoms with Crippen molar-refractivity contribution in [1.82, 2.24) is 5.32 Å². The molecular formula is C15H19FN2S. The zero-order valence-electron chi connectivity index (χ0n) is 11.0. The van der Waals surface area contributed by atoms with Crippen molar-refractivity contribution in [3.05, 3.63) is 35.6 Å². The lowest BCUT2D eigenvalue weighted by Crippen LogP contribution is -2.40. The highest BCUT2D eigenvalue weighted by Gasteiger charge is 2.39. The van der Waals surface area contributed by atoms with E-state index in [2.05, 4.69) is 10.3 Å². The molecule has 102 valence electrons. The Morgan fingerprint density at radius 3 is 2.68 bits per heavy atom. The maximum absolute atomic E-state index is 12.8. The molecule has 2 aliphatic rings. The molecule has 1 saturated heterocycles. The van der Waals surface area contributed by atoms with Crippen LogP contribution in [0.5, 0.6) is 0 Å². The van der Waals surface area contributed by atoms with Crippen LogP contribution in [-0.4, -0.2) is 23.0 Å². The zero-order chi connectivity index (χ0) is 13.1. The first-order chi connectivity index (χ1) is 9.26. The van der Waals surface area contributed by atoms with Gasteiger partial charge in [-0.25, -0.2) is 4.39 Å². The van der Waals surface area contributed by atoms with Gasteiger partial charge in [-0.2, -0.15) is 0 Å². The van der Waals surface area contributed by atoms with Gasteiger partial charge in [0.25, 0.3) is 0 Å². The Balaban J connectivity index is 1.52. The molecule has 0 aromatic heterocycles. The quantitative estimate of drug-likeness (QED) is 0.916. The second-order valence-electron chi connectivity index (χ2n) is 5.46. The molecule has 1 aromatic rings. The number of thioether (sulfide) groups is 1. The number of nitrogens with zero attached hydrogens (tertiary/aromatic N) is 1. The van der Waals surface area contributed by atoms with Gasteiger partial charge in [0.1, 0.15) is 5.82 Å². The molecule has 1 saturated carbocycles. The first-order valence-electron chi connectivity index (χ1n) is 6.96. The van der Waals surface area contributed by atoms with E-state index < -0.39 is 0 Å². The lowest BCUT2D eigenvalue weighted by atomic mass is 10.0. The van der Waals surface area contributed by atoms with E-state index in [9.17, 15) is 4.39 Å². The third-order valence-electron chi connectivity index (χ3n) is 3.99. The SMILES string of the molecule is Fc1ccc(CCN=C2NC3(CCCC3)CS2)cc1. The van der Waals surface area contributed by atoms with E-state index in [4.69, 9.17) is 0 Å². The van der Waals surface area contributed by atoms with Crippen LogP contribution in [-0.2, 0) is 6.42 Å². The molecule has 3 rings (SSSR count). The summed E-state index contributed by atoms with van der Waals surface area (Å²) in [5.74, 6) is 0.994. The average Bonchev–Trinajstić information content (AvgIpc) is 3.03. The smallest absolute Gasteiger partial charge is 0.157 e. The molecule has 2 fully saturated rings. The number of hydrogen-bond acceptors (Lipinski definition) is 2. The number of aliphatic imine (C=N–C) groups is 1. The number of amidine groups is 1. The third-order valence-corrected chi connectivity index (χ3v) is 5.19. The Morgan fingerprint density at radius 2 is 1.95 bits per heavy atom. The molecule has 19 heavy (non-hydrogen) atoms. The van der Waals surface area contributed by atoms with Crippen LogP contribution in [0.15, 0.2) is 29.3 Å². The molecule has 1 aliphatic heterocycles. The number of nitrogens with one attached hydrogen (secondary N) is 1. The first-order valence-corrected chi connectivity index (χ1v) is 7.94. The van der Waals surface area contributed by atoms with Crippen molar-refractivity contribution in [2.45, 2.75) is 37.6 Å². The van der Waals surface area contributed by atoms with Crippen LogP contribution in [0.1, 0.15) is 31.2 Å². The van der Waals surface area contributed by atoms with E-state index in [0.717, 1.165) is 23.7 Å². The van der Waals surface area contributed by atoms with Gasteiger partial charge in [0.05, 0.1) is 0 Å². The Kier molecular flexibility index (Phi) is 3.78. The fraction of sp³-hybridized carbons (Fsp3) is 0.533. The Labute approximate surface area is 117 Å². The van der Waals surface area contributed by atoms with Gasteiger partial charge in [0.2, 0.25) is 0 Å². The van der Waals surface area contributed by atoms with Crippen molar-refractivity contribution in [1.29, 1.82) is 0 Å². The van der Waals surface area contributed by atoms with Crippen LogP contribution in [0.25, 0.3) is 0 Å². The van der Waals surface area contributed by atoms with Crippen LogP contribution in [0, 0.1) is 5.82 Å². The van der Waals surface area contributed by atoms with Gasteiger partial charge in [0, 0.05) is 17.8 Å². The van der Waals surface area contributed by atoms with Gasteiger partial charge >= 0.3 is 0 Å². The largest absolute Gasteiger partial charge is 0.359 e. The summed E-state index contributed by atoms with van der Waals surface area (Å²) in [5, 5.41) is 4.72. The second kappa shape index (κ2) is 5.53. The Bertz CT molecular complexity index is 464. The van der Waals surface area contributed by atoms with Crippen LogP contribution in [0.3, 0.4) is 0 Å². The van der Waals surface area contributed by atoms with Gasteiger partial charge in [-0.15, -0.1) is 0 Å². The lowest BCUT2D eigenvalue weighted by Gasteiger charge is -2.21. The molecule has 0 atom stereocenters. The summed E-state index contributed by atoms with van der Waals surface area (Å²) < 4.78 is 12.8. The predicted octanol–water partition coefficient (Wildman–Crippen LogP) is 3.37. The first kappa shape index (κ1) is 13.0. The van der Waals surface area contributed by atoms with Crippen LogP contribution < -0.4 is 5.32 Å². The summed E-state index contributed by atoms with van der Waals surface area (Å²) in [6, 6.07) is 6.70. The zero-order valence-corrected chi connectivity index (χ0v) is 11.8. The Hall–Kier alpha value is -1.03. The normalized spacial score (nSPS) is 23.1. The standard InChI is InChI=1S/C15H19FN2S/c16-13-5-3-12(4-6-13)7-10-17-14-18-15(11-19-14)8-1-2-9-15/h3-6H,1-2,7-11H2,(H,17,18). The molecule has 1 spiro atoms. The summed E-state index contributed by atoms with van der Waals surface area (Å²) in [4.78, 5) is 4.63. The monoisotopic (exact) mass is 278 g/mol. The number of rotatable bonds is 3. The molecule has 0 unspecified atom stereocenters. The molecule has 2 nitrogen and oxygen atoms in total. The molecule has 0 amide bonds. The maximum Gasteiger partial charge on any atom is 0.157 e. The van der Waals surface area contributed by atoms with Crippen LogP contribution in [0.4, 0.5) is 4.39 Å². The number of benzene rings is 1. The molecule has 4 heteroatoms. The number of hydrogen-bond donors (Lipinski definition) is 1. The second-order valence-corrected chi connectivity index (χ2v) is 6.43. The summed E-state index contributed by atoms with van der Waals surface area (Å²) >= 11 is 1.85. The minimum Gasteiger partial charge on any atom is -0.359 e. The fourth-order valence-corrected chi connectivity index (χ4v) is 4.09. The van der Waals surface area contributed by atoms with Crippen molar-refractivity contribution in [2.24, 2.45) is 4.99 Å². The minimum atomic E-state index is -0.175. The third kappa shape index (κ3) is 3.11. The van der Waals surface area contributed by atoms with Gasteiger partial charge < -0.3 is 5.32 Å². The van der Waals surface area contributed by atoms with Gasteiger partial charge in [-0.3, -0.25) is 4.99 Å². The molecular weight excluding hydrogens is 259 g/mol. The average molecular weight is 278 g/mol. The molecule has 0 bridgehead atoms. The molecule has 1 heterocycles. The van der Waals surface area contributed by atoms with Gasteiger partial charge in [-0.05, 0) is 37.0 Å². The van der Waals surface area contributed by atoms with E-state index in [1.807, 2.05) is 23.9 Å². The molecule has 1 N–H and O–H groups in total. The van der Waals surface area contributed by atoms with Crippen molar-refractivity contribution >= 4 is 16.9 Å². The van der Waals surface area contributed by atoms with E-state index in [1.165, 1.54) is 43.6 Å².